The Labute approximate surface area is 221 Å². The Balaban J connectivity index is 1.65. The molecule has 0 aromatic rings. The first-order valence-corrected chi connectivity index (χ1v) is 14.3. The fraction of sp³-hybridized carbons (Fsp3) is 0.806. The lowest BCUT2D eigenvalue weighted by atomic mass is 9.32. The van der Waals surface area contributed by atoms with E-state index in [4.69, 9.17) is 18.2 Å². The van der Waals surface area contributed by atoms with Crippen molar-refractivity contribution < 1.29 is 14.4 Å². The smallest absolute Gasteiger partial charge is 0.228 e. The first kappa shape index (κ1) is 26.1. The Morgan fingerprint density at radius 1 is 0.944 bits per heavy atom. The van der Waals surface area contributed by atoms with Crippen LogP contribution in [0.5, 0.6) is 0 Å². The van der Waals surface area contributed by atoms with Gasteiger partial charge in [0, 0.05) is 23.2 Å². The zero-order valence-corrected chi connectivity index (χ0v) is 23.8. The fourth-order valence-electron chi connectivity index (χ4n) is 10.6. The molecule has 5 aliphatic rings. The molecule has 0 heterocycles. The Morgan fingerprint density at radius 3 is 2.19 bits per heavy atom. The molecule has 36 heavy (non-hydrogen) atoms. The van der Waals surface area contributed by atoms with E-state index in [2.05, 4.69) is 39.5 Å². The van der Waals surface area contributed by atoms with Gasteiger partial charge in [0.2, 0.25) is 10.9 Å². The third-order valence-corrected chi connectivity index (χ3v) is 13.2. The highest BCUT2D eigenvalue weighted by atomic mass is 35.5. The molecule has 0 N–H and O–H groups in total. The van der Waals surface area contributed by atoms with Gasteiger partial charge in [-0.05, 0) is 96.0 Å². The minimum absolute atomic E-state index is 0.0143. The summed E-state index contributed by atoms with van der Waals surface area (Å²) in [7, 11) is 0. The van der Waals surface area contributed by atoms with Crippen LogP contribution in [0.3, 0.4) is 0 Å². The molecule has 0 aromatic carbocycles. The van der Waals surface area contributed by atoms with Crippen molar-refractivity contribution in [2.75, 3.05) is 0 Å². The summed E-state index contributed by atoms with van der Waals surface area (Å²) < 4.78 is 0. The van der Waals surface area contributed by atoms with Gasteiger partial charge < -0.3 is 4.79 Å². The minimum Gasteiger partial charge on any atom is -0.307 e. The molecule has 196 valence electrons. The van der Waals surface area contributed by atoms with Crippen LogP contribution in [-0.2, 0) is 14.4 Å². The molecule has 5 heteroatoms. The minimum atomic E-state index is -0.619. The SMILES string of the molecule is [C-]#[N+]C1=C[C@]2(C)[C@H]3CC(=O)[C@@H]4[C@@H]5CC(C)(C)CC[C@]5(C(=O)Cl)CC[C@@]4(C)[C@]3(C)CC[C@H]2C(C)(C)C1=O. The van der Waals surface area contributed by atoms with Crippen LogP contribution in [0.4, 0.5) is 0 Å². The van der Waals surface area contributed by atoms with Crippen LogP contribution in [0, 0.1) is 62.7 Å². The number of rotatable bonds is 1. The normalized spacial score (nSPS) is 48.9. The lowest BCUT2D eigenvalue weighted by Gasteiger charge is -2.71. The van der Waals surface area contributed by atoms with Crippen molar-refractivity contribution in [3.8, 4) is 0 Å². The van der Waals surface area contributed by atoms with Crippen LogP contribution in [0.1, 0.15) is 99.8 Å². The molecule has 0 radical (unpaired) electrons. The zero-order valence-electron chi connectivity index (χ0n) is 23.1. The average molecular weight is 512 g/mol. The molecule has 4 saturated carbocycles. The monoisotopic (exact) mass is 511 g/mol. The molecule has 4 nitrogen and oxygen atoms in total. The predicted octanol–water partition coefficient (Wildman–Crippen LogP) is 7.40. The van der Waals surface area contributed by atoms with Crippen molar-refractivity contribution >= 4 is 28.4 Å². The number of hydrogen-bond donors (Lipinski definition) is 0. The highest BCUT2D eigenvalue weighted by Gasteiger charge is 2.72. The van der Waals surface area contributed by atoms with Gasteiger partial charge in [0.25, 0.3) is 0 Å². The number of Topliss-reactive ketones (excluding diaryl/α,β-unsaturated/α-hetero) is 2. The molecule has 0 amide bonds. The molecule has 0 aliphatic heterocycles. The van der Waals surface area contributed by atoms with Gasteiger partial charge in [0.1, 0.15) is 5.78 Å². The Bertz CT molecular complexity index is 1130. The number of carbonyl (C=O) groups is 3. The van der Waals surface area contributed by atoms with Gasteiger partial charge in [-0.1, -0.05) is 54.5 Å². The number of nitrogens with zero attached hydrogens (tertiary/aromatic N) is 1. The van der Waals surface area contributed by atoms with Crippen molar-refractivity contribution in [3.63, 3.8) is 0 Å². The summed E-state index contributed by atoms with van der Waals surface area (Å²) in [6, 6.07) is 0. The van der Waals surface area contributed by atoms with Crippen LogP contribution < -0.4 is 0 Å². The molecule has 4 fully saturated rings. The summed E-state index contributed by atoms with van der Waals surface area (Å²) in [4.78, 5) is 44.2. The van der Waals surface area contributed by atoms with E-state index in [-0.39, 0.29) is 62.4 Å². The van der Waals surface area contributed by atoms with Crippen molar-refractivity contribution in [3.05, 3.63) is 23.2 Å². The maximum Gasteiger partial charge on any atom is 0.228 e. The van der Waals surface area contributed by atoms with Crippen molar-refractivity contribution in [2.45, 2.75) is 99.8 Å². The summed E-state index contributed by atoms with van der Waals surface area (Å²) >= 11 is 6.38. The summed E-state index contributed by atoms with van der Waals surface area (Å²) in [5, 5.41) is -0.238. The second-order valence-corrected chi connectivity index (χ2v) is 15.4. The summed E-state index contributed by atoms with van der Waals surface area (Å²) in [5.74, 6) is 0.213. The zero-order chi connectivity index (χ0) is 26.7. The fourth-order valence-corrected chi connectivity index (χ4v) is 10.9. The molecule has 0 unspecified atom stereocenters. The molecule has 8 atom stereocenters. The molecule has 5 rings (SSSR count). The first-order chi connectivity index (χ1) is 16.5. The van der Waals surface area contributed by atoms with E-state index in [9.17, 15) is 14.4 Å². The van der Waals surface area contributed by atoms with Gasteiger partial charge in [-0.25, -0.2) is 4.85 Å². The first-order valence-electron chi connectivity index (χ1n) is 13.9. The van der Waals surface area contributed by atoms with Crippen molar-refractivity contribution in [1.82, 2.24) is 0 Å². The quantitative estimate of drug-likeness (QED) is 0.272. The van der Waals surface area contributed by atoms with Gasteiger partial charge in [-0.3, -0.25) is 9.59 Å². The molecule has 0 bridgehead atoms. The Kier molecular flexibility index (Phi) is 5.49. The van der Waals surface area contributed by atoms with Gasteiger partial charge in [0.05, 0.1) is 6.57 Å². The number of hydrogen-bond acceptors (Lipinski definition) is 3. The van der Waals surface area contributed by atoms with Crippen LogP contribution in [0.2, 0.25) is 0 Å². The van der Waals surface area contributed by atoms with E-state index < -0.39 is 16.2 Å². The molecule has 0 aromatic heterocycles. The molecular weight excluding hydrogens is 470 g/mol. The van der Waals surface area contributed by atoms with E-state index in [1.165, 1.54) is 0 Å². The number of fused-ring (bicyclic) bond motifs is 7. The van der Waals surface area contributed by atoms with Crippen LogP contribution in [0.15, 0.2) is 11.8 Å². The van der Waals surface area contributed by atoms with Crippen LogP contribution in [0.25, 0.3) is 4.85 Å². The number of halogens is 1. The topological polar surface area (TPSA) is 55.6 Å². The van der Waals surface area contributed by atoms with Crippen molar-refractivity contribution in [1.29, 1.82) is 0 Å². The largest absolute Gasteiger partial charge is 0.307 e. The highest BCUT2D eigenvalue weighted by molar-refractivity contribution is 6.64. The van der Waals surface area contributed by atoms with Crippen LogP contribution in [-0.4, -0.2) is 16.8 Å². The Morgan fingerprint density at radius 2 is 1.58 bits per heavy atom. The van der Waals surface area contributed by atoms with E-state index in [1.807, 2.05) is 19.9 Å². The number of ketones is 2. The lowest BCUT2D eigenvalue weighted by molar-refractivity contribution is -0.220. The molecule has 5 aliphatic carbocycles. The lowest BCUT2D eigenvalue weighted by Crippen LogP contribution is -2.69. The summed E-state index contributed by atoms with van der Waals surface area (Å²) in [5.41, 5.74) is -1.64. The van der Waals surface area contributed by atoms with E-state index in [0.717, 1.165) is 44.9 Å². The molecule has 0 spiro atoms. The third kappa shape index (κ3) is 3.02. The molecule has 0 saturated heterocycles. The standard InChI is InChI=1S/C31H42ClNO3/c1-26(2)11-13-31(25(32)36)14-12-30(7)23(18(31)16-26)20(34)15-22-28(5)17-19(33-8)24(35)27(3,4)21(28)9-10-29(22,30)6/h17-18,21-23H,9-16H2,1-7H3/t18-,21-,22+,23-,28-,29+,30+,31-/m0/s1. The average Bonchev–Trinajstić information content (AvgIpc) is 2.77. The maximum atomic E-state index is 14.4. The van der Waals surface area contributed by atoms with E-state index in [0.29, 0.717) is 6.42 Å². The molecular formula is C31H42ClNO3. The predicted molar refractivity (Wildman–Crippen MR) is 141 cm³/mol. The van der Waals surface area contributed by atoms with Gasteiger partial charge >= 0.3 is 0 Å². The summed E-state index contributed by atoms with van der Waals surface area (Å²) in [6.45, 7) is 23.2. The third-order valence-electron chi connectivity index (χ3n) is 12.8. The second-order valence-electron chi connectivity index (χ2n) is 15.1. The summed E-state index contributed by atoms with van der Waals surface area (Å²) in [6.07, 6.45) is 8.48. The van der Waals surface area contributed by atoms with Crippen molar-refractivity contribution in [2.24, 2.45) is 56.2 Å². The number of allylic oxidation sites excluding steroid dienone is 2. The maximum absolute atomic E-state index is 14.4. The van der Waals surface area contributed by atoms with Gasteiger partial charge in [-0.2, -0.15) is 0 Å². The van der Waals surface area contributed by atoms with Gasteiger partial charge in [-0.15, -0.1) is 0 Å². The highest BCUT2D eigenvalue weighted by Crippen LogP contribution is 2.76. The van der Waals surface area contributed by atoms with Gasteiger partial charge in [0.15, 0.2) is 5.78 Å². The van der Waals surface area contributed by atoms with E-state index in [1.54, 1.807) is 0 Å². The van der Waals surface area contributed by atoms with Crippen LogP contribution >= 0.6 is 11.6 Å². The Hall–Kier alpha value is -1.47. The second kappa shape index (κ2) is 7.56. The number of carbonyl (C=O) groups excluding carboxylic acids is 3. The van der Waals surface area contributed by atoms with E-state index >= 15 is 0 Å².